The van der Waals surface area contributed by atoms with E-state index in [0.717, 1.165) is 16.6 Å². The molecule has 2 aromatic rings. The van der Waals surface area contributed by atoms with Gasteiger partial charge in [-0.05, 0) is 30.7 Å². The van der Waals surface area contributed by atoms with Gasteiger partial charge in [0.2, 0.25) is 0 Å². The minimum absolute atomic E-state index is 0.0894. The van der Waals surface area contributed by atoms with Crippen molar-refractivity contribution in [2.24, 2.45) is 0 Å². The Morgan fingerprint density at radius 3 is 2.94 bits per heavy atom. The molecule has 3 rings (SSSR count). The van der Waals surface area contributed by atoms with Crippen LogP contribution in [-0.2, 0) is 9.47 Å². The Hall–Kier alpha value is -1.52. The van der Waals surface area contributed by atoms with E-state index in [1.807, 2.05) is 13.0 Å². The molecule has 94 valence electrons. The molecule has 0 spiro atoms. The first kappa shape index (κ1) is 11.6. The van der Waals surface area contributed by atoms with Crippen LogP contribution >= 0.6 is 0 Å². The maximum absolute atomic E-state index is 13.2. The highest BCUT2D eigenvalue weighted by atomic mass is 19.1. The van der Waals surface area contributed by atoms with Crippen LogP contribution in [0.2, 0.25) is 0 Å². The van der Waals surface area contributed by atoms with E-state index in [-0.39, 0.29) is 11.9 Å². The second-order valence-electron chi connectivity index (χ2n) is 4.45. The van der Waals surface area contributed by atoms with Crippen molar-refractivity contribution in [3.63, 3.8) is 0 Å². The van der Waals surface area contributed by atoms with E-state index in [2.05, 4.69) is 4.98 Å². The van der Waals surface area contributed by atoms with E-state index >= 15 is 0 Å². The second-order valence-corrected chi connectivity index (χ2v) is 4.45. The number of hydrogen-bond acceptors (Lipinski definition) is 3. The predicted octanol–water partition coefficient (Wildman–Crippen LogP) is 2.77. The van der Waals surface area contributed by atoms with Gasteiger partial charge in [-0.1, -0.05) is 0 Å². The Morgan fingerprint density at radius 2 is 2.17 bits per heavy atom. The maximum Gasteiger partial charge on any atom is 0.125 e. The summed E-state index contributed by atoms with van der Waals surface area (Å²) in [6, 6.07) is 6.64. The lowest BCUT2D eigenvalue weighted by Gasteiger charge is -2.24. The number of aryl methyl sites for hydroxylation is 1. The number of halogens is 1. The summed E-state index contributed by atoms with van der Waals surface area (Å²) >= 11 is 0. The summed E-state index contributed by atoms with van der Waals surface area (Å²) in [5.41, 5.74) is 2.55. The fourth-order valence-corrected chi connectivity index (χ4v) is 2.30. The minimum atomic E-state index is -0.271. The molecule has 1 aromatic carbocycles. The molecule has 1 aliphatic rings. The van der Waals surface area contributed by atoms with Crippen molar-refractivity contribution < 1.29 is 13.9 Å². The van der Waals surface area contributed by atoms with Gasteiger partial charge in [0.15, 0.2) is 0 Å². The predicted molar refractivity (Wildman–Crippen MR) is 66.0 cm³/mol. The number of fused-ring (bicyclic) bond motifs is 1. The van der Waals surface area contributed by atoms with Gasteiger partial charge >= 0.3 is 0 Å². The monoisotopic (exact) mass is 247 g/mol. The van der Waals surface area contributed by atoms with Crippen molar-refractivity contribution in [1.82, 2.24) is 4.98 Å². The number of pyridine rings is 1. The van der Waals surface area contributed by atoms with Crippen molar-refractivity contribution in [3.05, 3.63) is 41.3 Å². The lowest BCUT2D eigenvalue weighted by Crippen LogP contribution is -2.22. The van der Waals surface area contributed by atoms with Gasteiger partial charge in [0.1, 0.15) is 11.9 Å². The second kappa shape index (κ2) is 4.63. The molecule has 1 saturated heterocycles. The lowest BCUT2D eigenvalue weighted by molar-refractivity contribution is -0.0896. The third-order valence-electron chi connectivity index (χ3n) is 3.09. The normalized spacial score (nSPS) is 20.2. The quantitative estimate of drug-likeness (QED) is 0.776. The van der Waals surface area contributed by atoms with Crippen LogP contribution in [0.3, 0.4) is 0 Å². The number of hydrogen-bond donors (Lipinski definition) is 0. The molecule has 2 heterocycles. The highest BCUT2D eigenvalue weighted by Gasteiger charge is 2.19. The van der Waals surface area contributed by atoms with E-state index in [4.69, 9.17) is 9.47 Å². The number of ether oxygens (including phenoxy) is 2. The Morgan fingerprint density at radius 1 is 1.28 bits per heavy atom. The van der Waals surface area contributed by atoms with Crippen LogP contribution in [-0.4, -0.2) is 24.8 Å². The van der Waals surface area contributed by atoms with Crippen molar-refractivity contribution in [2.75, 3.05) is 19.8 Å². The smallest absolute Gasteiger partial charge is 0.125 e. The molecule has 4 heteroatoms. The summed E-state index contributed by atoms with van der Waals surface area (Å²) in [4.78, 5) is 4.36. The molecule has 18 heavy (non-hydrogen) atoms. The number of benzene rings is 1. The zero-order chi connectivity index (χ0) is 12.5. The Bertz CT molecular complexity index is 574. The topological polar surface area (TPSA) is 31.4 Å². The van der Waals surface area contributed by atoms with Gasteiger partial charge in [0, 0.05) is 17.1 Å². The molecule has 1 atom stereocenters. The summed E-state index contributed by atoms with van der Waals surface area (Å²) in [6.07, 6.45) is -0.0894. The van der Waals surface area contributed by atoms with Gasteiger partial charge in [-0.25, -0.2) is 4.39 Å². The fraction of sp³-hybridized carbons (Fsp3) is 0.357. The van der Waals surface area contributed by atoms with Crippen molar-refractivity contribution in [1.29, 1.82) is 0 Å². The highest BCUT2D eigenvalue weighted by molar-refractivity contribution is 5.82. The molecule has 1 fully saturated rings. The number of rotatable bonds is 1. The van der Waals surface area contributed by atoms with Crippen LogP contribution in [0.1, 0.15) is 17.4 Å². The Balaban J connectivity index is 2.14. The van der Waals surface area contributed by atoms with E-state index in [1.54, 1.807) is 6.07 Å². The fourth-order valence-electron chi connectivity index (χ4n) is 2.30. The average Bonchev–Trinajstić information content (AvgIpc) is 2.38. The van der Waals surface area contributed by atoms with Crippen molar-refractivity contribution in [2.45, 2.75) is 13.0 Å². The number of aromatic nitrogens is 1. The zero-order valence-electron chi connectivity index (χ0n) is 10.1. The molecule has 1 unspecified atom stereocenters. The minimum Gasteiger partial charge on any atom is -0.376 e. The van der Waals surface area contributed by atoms with E-state index < -0.39 is 0 Å². The third kappa shape index (κ3) is 2.09. The Kier molecular flexibility index (Phi) is 2.97. The standard InChI is InChI=1S/C14H14FNO2/c1-9-6-12(14-8-17-4-5-18-14)11-3-2-10(15)7-13(11)16-9/h2-3,6-7,14H,4-5,8H2,1H3. The number of nitrogens with zero attached hydrogens (tertiary/aromatic N) is 1. The molecule has 3 nitrogen and oxygen atoms in total. The molecule has 0 saturated carbocycles. The first-order valence-corrected chi connectivity index (χ1v) is 6.00. The van der Waals surface area contributed by atoms with Crippen LogP contribution in [0.4, 0.5) is 4.39 Å². The van der Waals surface area contributed by atoms with Gasteiger partial charge in [0.05, 0.1) is 25.3 Å². The molecule has 0 amide bonds. The van der Waals surface area contributed by atoms with Gasteiger partial charge in [-0.15, -0.1) is 0 Å². The summed E-state index contributed by atoms with van der Waals surface area (Å²) in [5, 5.41) is 0.928. The molecule has 1 aliphatic heterocycles. The largest absolute Gasteiger partial charge is 0.376 e. The van der Waals surface area contributed by atoms with E-state index in [0.29, 0.717) is 25.3 Å². The van der Waals surface area contributed by atoms with E-state index in [1.165, 1.54) is 12.1 Å². The van der Waals surface area contributed by atoms with Gasteiger partial charge in [-0.3, -0.25) is 4.98 Å². The zero-order valence-corrected chi connectivity index (χ0v) is 10.1. The van der Waals surface area contributed by atoms with Crippen molar-refractivity contribution >= 4 is 10.9 Å². The summed E-state index contributed by atoms with van der Waals surface area (Å²) in [7, 11) is 0. The molecule has 1 aromatic heterocycles. The highest BCUT2D eigenvalue weighted by Crippen LogP contribution is 2.28. The first-order valence-electron chi connectivity index (χ1n) is 6.00. The van der Waals surface area contributed by atoms with Crippen molar-refractivity contribution in [3.8, 4) is 0 Å². The van der Waals surface area contributed by atoms with Gasteiger partial charge in [-0.2, -0.15) is 0 Å². The third-order valence-corrected chi connectivity index (χ3v) is 3.09. The lowest BCUT2D eigenvalue weighted by atomic mass is 10.0. The van der Waals surface area contributed by atoms with Gasteiger partial charge < -0.3 is 9.47 Å². The molecular formula is C14H14FNO2. The van der Waals surface area contributed by atoms with Crippen LogP contribution in [0.25, 0.3) is 10.9 Å². The molecule has 0 bridgehead atoms. The average molecular weight is 247 g/mol. The SMILES string of the molecule is Cc1cc(C2COCCO2)c2ccc(F)cc2n1. The van der Waals surface area contributed by atoms with Crippen LogP contribution < -0.4 is 0 Å². The molecule has 0 N–H and O–H groups in total. The first-order chi connectivity index (χ1) is 8.74. The molecular weight excluding hydrogens is 233 g/mol. The summed E-state index contributed by atoms with van der Waals surface area (Å²) in [5.74, 6) is -0.271. The van der Waals surface area contributed by atoms with Gasteiger partial charge in [0.25, 0.3) is 0 Å². The summed E-state index contributed by atoms with van der Waals surface area (Å²) < 4.78 is 24.4. The van der Waals surface area contributed by atoms with Crippen LogP contribution in [0.5, 0.6) is 0 Å². The summed E-state index contributed by atoms with van der Waals surface area (Å²) in [6.45, 7) is 3.66. The molecule has 0 radical (unpaired) electrons. The Labute approximate surface area is 105 Å². The molecule has 0 aliphatic carbocycles. The van der Waals surface area contributed by atoms with Crippen LogP contribution in [0.15, 0.2) is 24.3 Å². The van der Waals surface area contributed by atoms with E-state index in [9.17, 15) is 4.39 Å². The van der Waals surface area contributed by atoms with Crippen LogP contribution in [0, 0.1) is 12.7 Å². The maximum atomic E-state index is 13.2.